The number of rotatable bonds is 6. The first-order valence-corrected chi connectivity index (χ1v) is 9.51. The van der Waals surface area contributed by atoms with Crippen LogP contribution in [-0.4, -0.2) is 23.0 Å². The summed E-state index contributed by atoms with van der Waals surface area (Å²) < 4.78 is 18.9. The van der Waals surface area contributed by atoms with Gasteiger partial charge in [0, 0.05) is 22.1 Å². The number of carboxylic acids is 1. The Morgan fingerprint density at radius 3 is 2.27 bits per heavy atom. The average molecular weight is 472 g/mol. The van der Waals surface area contributed by atoms with E-state index in [1.807, 2.05) is 0 Å². The van der Waals surface area contributed by atoms with Gasteiger partial charge < -0.3 is 15.2 Å². The largest absolute Gasteiger partial charge is 0.478 e. The van der Waals surface area contributed by atoms with Gasteiger partial charge in [-0.05, 0) is 48.5 Å². The number of benzene rings is 3. The van der Waals surface area contributed by atoms with Crippen molar-refractivity contribution in [3.8, 4) is 5.75 Å². The summed E-state index contributed by atoms with van der Waals surface area (Å²) in [7, 11) is 0. The lowest BCUT2D eigenvalue weighted by Gasteiger charge is -2.14. The highest BCUT2D eigenvalue weighted by atomic mass is 79.9. The predicted molar refractivity (Wildman–Crippen MR) is 110 cm³/mol. The van der Waals surface area contributed by atoms with Crippen LogP contribution in [0.2, 0.25) is 0 Å². The molecule has 3 rings (SSSR count). The van der Waals surface area contributed by atoms with E-state index in [1.54, 1.807) is 36.4 Å². The van der Waals surface area contributed by atoms with E-state index < -0.39 is 17.8 Å². The number of esters is 1. The van der Waals surface area contributed by atoms with Crippen molar-refractivity contribution in [3.63, 3.8) is 0 Å². The third-order valence-electron chi connectivity index (χ3n) is 4.11. The Labute approximate surface area is 179 Å². The van der Waals surface area contributed by atoms with Crippen LogP contribution in [0.5, 0.6) is 5.75 Å². The second kappa shape index (κ2) is 9.32. The lowest BCUT2D eigenvalue weighted by atomic mass is 10.1. The molecule has 0 aliphatic rings. The van der Waals surface area contributed by atoms with Crippen molar-refractivity contribution < 1.29 is 28.6 Å². The molecule has 8 heteroatoms. The van der Waals surface area contributed by atoms with Gasteiger partial charge in [-0.3, -0.25) is 4.79 Å². The molecule has 6 nitrogen and oxygen atoms in total. The molecule has 30 heavy (non-hydrogen) atoms. The van der Waals surface area contributed by atoms with Crippen LogP contribution in [0.3, 0.4) is 0 Å². The lowest BCUT2D eigenvalue weighted by Crippen LogP contribution is -2.24. The normalized spacial score (nSPS) is 10.3. The number of nitrogens with one attached hydrogen (secondary N) is 1. The van der Waals surface area contributed by atoms with Gasteiger partial charge in [0.25, 0.3) is 5.91 Å². The summed E-state index contributed by atoms with van der Waals surface area (Å²) in [6, 6.07) is 16.0. The molecule has 3 aromatic carbocycles. The van der Waals surface area contributed by atoms with Crippen LogP contribution < -0.4 is 10.1 Å². The molecule has 2 N–H and O–H groups in total. The molecule has 0 bridgehead atoms. The number of amides is 1. The Kier molecular flexibility index (Phi) is 6.58. The number of carbonyl (C=O) groups is 3. The van der Waals surface area contributed by atoms with E-state index in [4.69, 9.17) is 4.74 Å². The first-order valence-electron chi connectivity index (χ1n) is 8.72. The van der Waals surface area contributed by atoms with Crippen molar-refractivity contribution >= 4 is 33.8 Å². The highest BCUT2D eigenvalue weighted by molar-refractivity contribution is 9.10. The number of hydrogen-bond donors (Lipinski definition) is 2. The van der Waals surface area contributed by atoms with E-state index >= 15 is 0 Å². The molecule has 3 aromatic rings. The molecule has 0 saturated heterocycles. The third-order valence-corrected chi connectivity index (χ3v) is 4.57. The van der Waals surface area contributed by atoms with Crippen LogP contribution in [0.25, 0.3) is 0 Å². The average Bonchev–Trinajstić information content (AvgIpc) is 2.74. The summed E-state index contributed by atoms with van der Waals surface area (Å²) >= 11 is 3.23. The van der Waals surface area contributed by atoms with Gasteiger partial charge in [0.2, 0.25) is 0 Å². The number of carbonyl (C=O) groups excluding carboxylic acids is 2. The van der Waals surface area contributed by atoms with Crippen LogP contribution >= 0.6 is 15.9 Å². The topological polar surface area (TPSA) is 92.7 Å². The molecule has 0 saturated carbocycles. The van der Waals surface area contributed by atoms with Gasteiger partial charge in [0.1, 0.15) is 11.4 Å². The summed E-state index contributed by atoms with van der Waals surface area (Å²) in [4.78, 5) is 36.5. The molecule has 0 aromatic heterocycles. The van der Waals surface area contributed by atoms with Crippen LogP contribution in [0, 0.1) is 5.82 Å². The Balaban J connectivity index is 1.90. The number of carboxylic acid groups (broad SMARTS) is 1. The number of ether oxygens (including phenoxy) is 1. The fourth-order valence-corrected chi connectivity index (χ4v) is 3.17. The zero-order valence-corrected chi connectivity index (χ0v) is 17.0. The Morgan fingerprint density at radius 2 is 1.63 bits per heavy atom. The van der Waals surface area contributed by atoms with Gasteiger partial charge in [0.05, 0.1) is 5.56 Å². The molecule has 152 valence electrons. The molecule has 0 aliphatic heterocycles. The smallest absolute Gasteiger partial charge is 0.343 e. The molecule has 0 atom stereocenters. The predicted octanol–water partition coefficient (Wildman–Crippen LogP) is 4.44. The van der Waals surface area contributed by atoms with Crippen molar-refractivity contribution in [2.75, 3.05) is 0 Å². The highest BCUT2D eigenvalue weighted by Crippen LogP contribution is 2.30. The molecule has 0 heterocycles. The van der Waals surface area contributed by atoms with Gasteiger partial charge in [-0.25, -0.2) is 14.0 Å². The zero-order valence-electron chi connectivity index (χ0n) is 15.4. The SMILES string of the molecule is O=C(NCc1cc(Br)cc(C(=O)O)c1OC(=O)c1ccc(F)cc1)c1ccccc1. The summed E-state index contributed by atoms with van der Waals surface area (Å²) in [6.45, 7) is -0.0839. The van der Waals surface area contributed by atoms with Crippen molar-refractivity contribution in [2.24, 2.45) is 0 Å². The van der Waals surface area contributed by atoms with E-state index in [0.717, 1.165) is 12.1 Å². The van der Waals surface area contributed by atoms with E-state index in [0.29, 0.717) is 10.0 Å². The second-order valence-corrected chi connectivity index (χ2v) is 7.11. The van der Waals surface area contributed by atoms with E-state index in [2.05, 4.69) is 21.2 Å². The molecule has 0 unspecified atom stereocenters. The zero-order chi connectivity index (χ0) is 21.7. The Morgan fingerprint density at radius 1 is 0.967 bits per heavy atom. The summed E-state index contributed by atoms with van der Waals surface area (Å²) in [5, 5.41) is 12.2. The maximum absolute atomic E-state index is 13.1. The maximum Gasteiger partial charge on any atom is 0.343 e. The van der Waals surface area contributed by atoms with Gasteiger partial charge in [0.15, 0.2) is 5.75 Å². The molecular weight excluding hydrogens is 457 g/mol. The Bertz CT molecular complexity index is 1100. The first kappa shape index (κ1) is 21.2. The van der Waals surface area contributed by atoms with Crippen molar-refractivity contribution in [2.45, 2.75) is 6.54 Å². The lowest BCUT2D eigenvalue weighted by molar-refractivity contribution is 0.0680. The standard InChI is InChI=1S/C22H15BrFNO5/c23-16-10-15(12-25-20(26)13-4-2-1-3-5-13)19(18(11-16)21(27)28)30-22(29)14-6-8-17(24)9-7-14/h1-11H,12H2,(H,25,26)(H,27,28). The molecule has 0 radical (unpaired) electrons. The van der Waals surface area contributed by atoms with E-state index in [1.165, 1.54) is 18.2 Å². The van der Waals surface area contributed by atoms with Gasteiger partial charge in [-0.15, -0.1) is 0 Å². The van der Waals surface area contributed by atoms with Crippen molar-refractivity contribution in [1.82, 2.24) is 5.32 Å². The summed E-state index contributed by atoms with van der Waals surface area (Å²) in [5.74, 6) is -3.26. The van der Waals surface area contributed by atoms with E-state index in [9.17, 15) is 23.9 Å². The summed E-state index contributed by atoms with van der Waals surface area (Å²) in [5.41, 5.74) is 0.496. The molecule has 0 aliphatic carbocycles. The fraction of sp³-hybridized carbons (Fsp3) is 0.0455. The van der Waals surface area contributed by atoms with Gasteiger partial charge in [-0.1, -0.05) is 34.1 Å². The second-order valence-electron chi connectivity index (χ2n) is 6.19. The van der Waals surface area contributed by atoms with Crippen LogP contribution in [0.1, 0.15) is 36.6 Å². The first-order chi connectivity index (χ1) is 14.3. The highest BCUT2D eigenvalue weighted by Gasteiger charge is 2.21. The minimum Gasteiger partial charge on any atom is -0.478 e. The third kappa shape index (κ3) is 5.09. The molecule has 0 spiro atoms. The molecule has 0 fully saturated rings. The monoisotopic (exact) mass is 471 g/mol. The minimum absolute atomic E-state index is 0.0509. The van der Waals surface area contributed by atoms with Gasteiger partial charge in [-0.2, -0.15) is 0 Å². The molecule has 1 amide bonds. The number of halogens is 2. The van der Waals surface area contributed by atoms with E-state index in [-0.39, 0.29) is 34.9 Å². The molecular formula is C22H15BrFNO5. The van der Waals surface area contributed by atoms with Crippen LogP contribution in [0.4, 0.5) is 4.39 Å². The number of hydrogen-bond acceptors (Lipinski definition) is 4. The minimum atomic E-state index is -1.31. The maximum atomic E-state index is 13.1. The quantitative estimate of drug-likeness (QED) is 0.409. The van der Waals surface area contributed by atoms with Crippen molar-refractivity contribution in [3.05, 3.63) is 99.3 Å². The van der Waals surface area contributed by atoms with Crippen LogP contribution in [-0.2, 0) is 6.54 Å². The summed E-state index contributed by atoms with van der Waals surface area (Å²) in [6.07, 6.45) is 0. The number of aromatic carboxylic acids is 1. The Hall–Kier alpha value is -3.52. The fourth-order valence-electron chi connectivity index (χ4n) is 2.67. The van der Waals surface area contributed by atoms with Crippen molar-refractivity contribution in [1.29, 1.82) is 0 Å². The van der Waals surface area contributed by atoms with Gasteiger partial charge >= 0.3 is 11.9 Å². The van der Waals surface area contributed by atoms with Crippen LogP contribution in [0.15, 0.2) is 71.2 Å².